The van der Waals surface area contributed by atoms with Gasteiger partial charge in [-0.05, 0) is 6.07 Å². The summed E-state index contributed by atoms with van der Waals surface area (Å²) in [6.45, 7) is 0. The molecule has 0 fully saturated rings. The first-order chi connectivity index (χ1) is 8.58. The molecule has 0 atom stereocenters. The van der Waals surface area contributed by atoms with Crippen molar-refractivity contribution in [1.82, 2.24) is 0 Å². The molecule has 6 heteroatoms. The number of methoxy groups -OCH3 is 2. The van der Waals surface area contributed by atoms with Gasteiger partial charge in [0.2, 0.25) is 0 Å². The van der Waals surface area contributed by atoms with Gasteiger partial charge in [-0.3, -0.25) is 14.9 Å². The molecule has 0 aliphatic heterocycles. The molecule has 0 aliphatic carbocycles. The highest BCUT2D eigenvalue weighted by Gasteiger charge is 2.12. The molecule has 1 aromatic rings. The number of rotatable bonds is 3. The summed E-state index contributed by atoms with van der Waals surface area (Å²) in [7, 11) is 2.70. The quantitative estimate of drug-likeness (QED) is 0.351. The number of benzene rings is 1. The monoisotopic (exact) mass is 249 g/mol. The molecule has 0 heterocycles. The van der Waals surface area contributed by atoms with Crippen molar-refractivity contribution in [2.45, 2.75) is 6.42 Å². The first kappa shape index (κ1) is 13.5. The molecule has 0 amide bonds. The smallest absolute Gasteiger partial charge is 0.317 e. The maximum Gasteiger partial charge on any atom is 0.317 e. The van der Waals surface area contributed by atoms with Gasteiger partial charge in [0, 0.05) is 12.1 Å². The number of nitro groups is 1. The lowest BCUT2D eigenvalue weighted by atomic mass is 10.1. The Bertz CT molecular complexity index is 527. The second-order valence-corrected chi connectivity index (χ2v) is 3.19. The van der Waals surface area contributed by atoms with Crippen LogP contribution < -0.4 is 4.74 Å². The van der Waals surface area contributed by atoms with Gasteiger partial charge < -0.3 is 9.47 Å². The molecule has 1 rings (SSSR count). The van der Waals surface area contributed by atoms with Crippen molar-refractivity contribution in [2.24, 2.45) is 0 Å². The van der Waals surface area contributed by atoms with Crippen LogP contribution >= 0.6 is 0 Å². The summed E-state index contributed by atoms with van der Waals surface area (Å²) in [5, 5.41) is 10.8. The minimum atomic E-state index is -0.540. The summed E-state index contributed by atoms with van der Waals surface area (Å²) >= 11 is 0. The van der Waals surface area contributed by atoms with Crippen LogP contribution in [0, 0.1) is 22.0 Å². The van der Waals surface area contributed by atoms with E-state index in [1.165, 1.54) is 32.4 Å². The molecule has 0 saturated heterocycles. The van der Waals surface area contributed by atoms with Crippen molar-refractivity contribution in [2.75, 3.05) is 14.2 Å². The van der Waals surface area contributed by atoms with Gasteiger partial charge in [-0.1, -0.05) is 11.8 Å². The third-order valence-electron chi connectivity index (χ3n) is 2.08. The van der Waals surface area contributed by atoms with Gasteiger partial charge in [0.15, 0.2) is 0 Å². The highest BCUT2D eigenvalue weighted by molar-refractivity contribution is 5.72. The number of carbonyl (C=O) groups is 1. The summed E-state index contributed by atoms with van der Waals surface area (Å²) in [6, 6.07) is 4.23. The predicted molar refractivity (Wildman–Crippen MR) is 63.2 cm³/mol. The summed E-state index contributed by atoms with van der Waals surface area (Å²) in [4.78, 5) is 21.1. The number of ether oxygens (including phenoxy) is 2. The summed E-state index contributed by atoms with van der Waals surface area (Å²) in [5.41, 5.74) is 0.0661. The van der Waals surface area contributed by atoms with Crippen LogP contribution in [0.3, 0.4) is 0 Å². The van der Waals surface area contributed by atoms with Crippen molar-refractivity contribution in [3.05, 3.63) is 33.9 Å². The average molecular weight is 249 g/mol. The van der Waals surface area contributed by atoms with Crippen molar-refractivity contribution in [3.63, 3.8) is 0 Å². The van der Waals surface area contributed by atoms with E-state index in [0.29, 0.717) is 5.75 Å². The van der Waals surface area contributed by atoms with Crippen molar-refractivity contribution >= 4 is 11.7 Å². The van der Waals surface area contributed by atoms with Gasteiger partial charge in [0.25, 0.3) is 5.69 Å². The summed E-state index contributed by atoms with van der Waals surface area (Å²) < 4.78 is 9.37. The van der Waals surface area contributed by atoms with Crippen LogP contribution in [0.25, 0.3) is 0 Å². The van der Waals surface area contributed by atoms with Gasteiger partial charge in [0.1, 0.15) is 17.7 Å². The van der Waals surface area contributed by atoms with Crippen molar-refractivity contribution in [3.8, 4) is 17.6 Å². The Morgan fingerprint density at radius 2 is 2.17 bits per heavy atom. The Balaban J connectivity index is 3.04. The lowest BCUT2D eigenvalue weighted by molar-refractivity contribution is -0.385. The highest BCUT2D eigenvalue weighted by Crippen LogP contribution is 2.22. The molecule has 0 saturated carbocycles. The topological polar surface area (TPSA) is 78.7 Å². The molecule has 0 N–H and O–H groups in total. The third kappa shape index (κ3) is 3.49. The maximum atomic E-state index is 10.9. The molecule has 1 aromatic carbocycles. The fourth-order valence-electron chi connectivity index (χ4n) is 1.19. The molecular formula is C12H11NO5. The Morgan fingerprint density at radius 1 is 1.44 bits per heavy atom. The number of nitrogens with zero attached hydrogens (tertiary/aromatic N) is 1. The minimum Gasteiger partial charge on any atom is -0.497 e. The molecule has 18 heavy (non-hydrogen) atoms. The Morgan fingerprint density at radius 3 is 2.72 bits per heavy atom. The fraction of sp³-hybridized carbons (Fsp3) is 0.250. The normalized spacial score (nSPS) is 9.00. The van der Waals surface area contributed by atoms with E-state index in [2.05, 4.69) is 16.6 Å². The molecule has 0 spiro atoms. The molecular weight excluding hydrogens is 238 g/mol. The van der Waals surface area contributed by atoms with Crippen LogP contribution in [0.1, 0.15) is 12.0 Å². The SMILES string of the molecule is COC(=O)CC#Cc1cc(OC)ccc1[N+](=O)[O-]. The molecule has 0 radical (unpaired) electrons. The predicted octanol–water partition coefficient (Wildman–Crippen LogP) is 1.52. The van der Waals surface area contributed by atoms with Crippen LogP contribution in [0.2, 0.25) is 0 Å². The molecule has 0 aliphatic rings. The maximum absolute atomic E-state index is 10.9. The van der Waals surface area contributed by atoms with E-state index < -0.39 is 10.9 Å². The second kappa shape index (κ2) is 6.25. The zero-order valence-corrected chi connectivity index (χ0v) is 9.93. The number of carbonyl (C=O) groups excluding carboxylic acids is 1. The van der Waals surface area contributed by atoms with Gasteiger partial charge in [-0.2, -0.15) is 0 Å². The van der Waals surface area contributed by atoms with E-state index in [1.807, 2.05) is 0 Å². The van der Waals surface area contributed by atoms with E-state index >= 15 is 0 Å². The lowest BCUT2D eigenvalue weighted by Gasteiger charge is -2.00. The molecule has 0 bridgehead atoms. The third-order valence-corrected chi connectivity index (χ3v) is 2.08. The van der Waals surface area contributed by atoms with Gasteiger partial charge in [0.05, 0.1) is 19.1 Å². The molecule has 6 nitrogen and oxygen atoms in total. The van der Waals surface area contributed by atoms with Crippen LogP contribution in [-0.4, -0.2) is 25.1 Å². The zero-order chi connectivity index (χ0) is 13.5. The van der Waals surface area contributed by atoms with Crippen LogP contribution in [0.4, 0.5) is 5.69 Å². The summed E-state index contributed by atoms with van der Waals surface area (Å²) in [6.07, 6.45) is -0.120. The van der Waals surface area contributed by atoms with Crippen LogP contribution in [0.5, 0.6) is 5.75 Å². The molecule has 0 aromatic heterocycles. The number of esters is 1. The Labute approximate surface area is 104 Å². The minimum absolute atomic E-state index is 0.120. The van der Waals surface area contributed by atoms with E-state index in [4.69, 9.17) is 4.74 Å². The molecule has 0 unspecified atom stereocenters. The lowest BCUT2D eigenvalue weighted by Crippen LogP contribution is -1.97. The van der Waals surface area contributed by atoms with E-state index in [-0.39, 0.29) is 17.7 Å². The van der Waals surface area contributed by atoms with Crippen molar-refractivity contribution < 1.29 is 19.2 Å². The standard InChI is InChI=1S/C12H11NO5/c1-17-10-6-7-11(13(15)16)9(8-10)4-3-5-12(14)18-2/h6-8H,5H2,1-2H3. The van der Waals surface area contributed by atoms with E-state index in [1.54, 1.807) is 0 Å². The van der Waals surface area contributed by atoms with Crippen molar-refractivity contribution in [1.29, 1.82) is 0 Å². The first-order valence-electron chi connectivity index (χ1n) is 4.96. The Kier molecular flexibility index (Phi) is 4.69. The highest BCUT2D eigenvalue weighted by atomic mass is 16.6. The number of hydrogen-bond donors (Lipinski definition) is 0. The average Bonchev–Trinajstić information content (AvgIpc) is 2.37. The van der Waals surface area contributed by atoms with Crippen LogP contribution in [0.15, 0.2) is 18.2 Å². The number of hydrogen-bond acceptors (Lipinski definition) is 5. The van der Waals surface area contributed by atoms with E-state index in [9.17, 15) is 14.9 Å². The largest absolute Gasteiger partial charge is 0.497 e. The van der Waals surface area contributed by atoms with Crippen LogP contribution in [-0.2, 0) is 9.53 Å². The van der Waals surface area contributed by atoms with E-state index in [0.717, 1.165) is 0 Å². The zero-order valence-electron chi connectivity index (χ0n) is 9.93. The first-order valence-corrected chi connectivity index (χ1v) is 4.96. The number of nitro benzene ring substituents is 1. The summed E-state index contributed by atoms with van der Waals surface area (Å²) in [5.74, 6) is 5.04. The molecule has 94 valence electrons. The Hall–Kier alpha value is -2.55. The second-order valence-electron chi connectivity index (χ2n) is 3.19. The van der Waals surface area contributed by atoms with Gasteiger partial charge in [-0.15, -0.1) is 0 Å². The van der Waals surface area contributed by atoms with Gasteiger partial charge in [-0.25, -0.2) is 0 Å². The van der Waals surface area contributed by atoms with Gasteiger partial charge >= 0.3 is 5.97 Å². The fourth-order valence-corrected chi connectivity index (χ4v) is 1.19.